The molecule has 2 aromatic rings. The predicted molar refractivity (Wildman–Crippen MR) is 82.1 cm³/mol. The zero-order valence-corrected chi connectivity index (χ0v) is 12.8. The summed E-state index contributed by atoms with van der Waals surface area (Å²) in [5, 5.41) is 4.25. The first-order valence-electron chi connectivity index (χ1n) is 8.10. The summed E-state index contributed by atoms with van der Waals surface area (Å²) in [7, 11) is 0. The van der Waals surface area contributed by atoms with Crippen LogP contribution in [-0.4, -0.2) is 37.7 Å². The summed E-state index contributed by atoms with van der Waals surface area (Å²) in [5.74, 6) is -0.115. The Hall–Kier alpha value is -2.24. The van der Waals surface area contributed by atoms with Gasteiger partial charge in [-0.15, -0.1) is 0 Å². The highest BCUT2D eigenvalue weighted by molar-refractivity contribution is 5.80. The number of piperidine rings is 1. The Balaban J connectivity index is 1.46. The van der Waals surface area contributed by atoms with Crippen molar-refractivity contribution in [2.75, 3.05) is 0 Å². The highest BCUT2D eigenvalue weighted by Gasteiger charge is 2.43. The van der Waals surface area contributed by atoms with E-state index in [0.29, 0.717) is 12.5 Å². The van der Waals surface area contributed by atoms with E-state index in [4.69, 9.17) is 0 Å². The fourth-order valence-electron chi connectivity index (χ4n) is 4.05. The van der Waals surface area contributed by atoms with Gasteiger partial charge < -0.3 is 4.90 Å². The molecule has 2 aliphatic rings. The molecule has 0 saturated carbocycles. The number of nitrogens with zero attached hydrogens (tertiary/aromatic N) is 4. The van der Waals surface area contributed by atoms with Gasteiger partial charge in [-0.25, -0.2) is 14.1 Å². The zero-order chi connectivity index (χ0) is 15.8. The van der Waals surface area contributed by atoms with Crippen LogP contribution in [0.2, 0.25) is 0 Å². The molecule has 2 unspecified atom stereocenters. The summed E-state index contributed by atoms with van der Waals surface area (Å²) in [5.41, 5.74) is 0.870. The largest absolute Gasteiger partial charge is 0.336 e. The fourth-order valence-corrected chi connectivity index (χ4v) is 4.05. The monoisotopic (exact) mass is 314 g/mol. The van der Waals surface area contributed by atoms with Crippen molar-refractivity contribution < 1.29 is 9.18 Å². The number of hydrogen-bond donors (Lipinski definition) is 0. The molecule has 2 aliphatic heterocycles. The molecule has 0 radical (unpaired) electrons. The summed E-state index contributed by atoms with van der Waals surface area (Å²) in [6, 6.07) is 7.12. The first kappa shape index (κ1) is 14.4. The van der Waals surface area contributed by atoms with Gasteiger partial charge in [-0.3, -0.25) is 4.79 Å². The minimum absolute atomic E-state index is 0.154. The van der Waals surface area contributed by atoms with Crippen molar-refractivity contribution in [2.45, 2.75) is 50.2 Å². The van der Waals surface area contributed by atoms with Gasteiger partial charge in [0.1, 0.15) is 18.5 Å². The van der Waals surface area contributed by atoms with E-state index in [0.717, 1.165) is 31.2 Å². The molecule has 1 aromatic heterocycles. The van der Waals surface area contributed by atoms with Crippen LogP contribution in [0, 0.1) is 5.82 Å². The number of carbonyl (C=O) groups is 1. The predicted octanol–water partition coefficient (Wildman–Crippen LogP) is 2.35. The molecule has 0 aliphatic carbocycles. The molecular weight excluding hydrogens is 295 g/mol. The van der Waals surface area contributed by atoms with Crippen molar-refractivity contribution >= 4 is 5.91 Å². The fraction of sp³-hybridized carbons (Fsp3) is 0.471. The van der Waals surface area contributed by atoms with Gasteiger partial charge in [-0.2, -0.15) is 5.10 Å². The average molecular weight is 314 g/mol. The number of amides is 1. The Morgan fingerprint density at radius 2 is 1.83 bits per heavy atom. The number of benzene rings is 1. The third-order valence-corrected chi connectivity index (χ3v) is 5.08. The van der Waals surface area contributed by atoms with E-state index in [9.17, 15) is 9.18 Å². The standard InChI is InChI=1S/C17H19FN4O/c18-13-3-1-12(2-4-13)7-17(23)22-14-5-6-15(22)9-16(8-14)21-11-19-10-20-21/h1-4,10-11,14-16H,5-9H2. The van der Waals surface area contributed by atoms with Crippen molar-refractivity contribution in [3.05, 3.63) is 48.3 Å². The lowest BCUT2D eigenvalue weighted by Gasteiger charge is -2.39. The van der Waals surface area contributed by atoms with Crippen molar-refractivity contribution in [3.8, 4) is 0 Å². The topological polar surface area (TPSA) is 51.0 Å². The summed E-state index contributed by atoms with van der Waals surface area (Å²) in [6.07, 6.45) is 7.68. The molecule has 120 valence electrons. The second-order valence-electron chi connectivity index (χ2n) is 6.49. The Labute approximate surface area is 134 Å². The molecule has 23 heavy (non-hydrogen) atoms. The summed E-state index contributed by atoms with van der Waals surface area (Å²) in [6.45, 7) is 0. The summed E-state index contributed by atoms with van der Waals surface area (Å²) < 4.78 is 14.9. The third kappa shape index (κ3) is 2.73. The molecule has 5 nitrogen and oxygen atoms in total. The minimum atomic E-state index is -0.269. The molecule has 0 N–H and O–H groups in total. The van der Waals surface area contributed by atoms with Gasteiger partial charge in [-0.1, -0.05) is 12.1 Å². The van der Waals surface area contributed by atoms with Crippen LogP contribution >= 0.6 is 0 Å². The molecule has 1 amide bonds. The second-order valence-corrected chi connectivity index (χ2v) is 6.49. The van der Waals surface area contributed by atoms with E-state index in [1.54, 1.807) is 24.8 Å². The van der Waals surface area contributed by atoms with E-state index in [2.05, 4.69) is 15.0 Å². The lowest BCUT2D eigenvalue weighted by molar-refractivity contribution is -0.135. The van der Waals surface area contributed by atoms with Crippen LogP contribution in [0.3, 0.4) is 0 Å². The van der Waals surface area contributed by atoms with Crippen molar-refractivity contribution in [1.29, 1.82) is 0 Å². The molecule has 2 atom stereocenters. The maximum atomic E-state index is 13.0. The van der Waals surface area contributed by atoms with Crippen LogP contribution in [0.1, 0.15) is 37.3 Å². The van der Waals surface area contributed by atoms with E-state index in [1.807, 2.05) is 4.68 Å². The average Bonchev–Trinajstić information content (AvgIpc) is 3.16. The van der Waals surface area contributed by atoms with Gasteiger partial charge in [-0.05, 0) is 43.4 Å². The lowest BCUT2D eigenvalue weighted by atomic mass is 9.96. The SMILES string of the molecule is O=C(Cc1ccc(F)cc1)N1C2CCC1CC(n1cncn1)C2. The highest BCUT2D eigenvalue weighted by Crippen LogP contribution is 2.40. The maximum absolute atomic E-state index is 13.0. The number of rotatable bonds is 3. The number of carbonyl (C=O) groups excluding carboxylic acids is 1. The highest BCUT2D eigenvalue weighted by atomic mass is 19.1. The van der Waals surface area contributed by atoms with E-state index >= 15 is 0 Å². The van der Waals surface area contributed by atoms with Crippen LogP contribution in [0.4, 0.5) is 4.39 Å². The second kappa shape index (κ2) is 5.76. The van der Waals surface area contributed by atoms with Gasteiger partial charge >= 0.3 is 0 Å². The third-order valence-electron chi connectivity index (χ3n) is 5.08. The first-order valence-corrected chi connectivity index (χ1v) is 8.10. The van der Waals surface area contributed by atoms with E-state index in [1.165, 1.54) is 12.1 Å². The van der Waals surface area contributed by atoms with E-state index < -0.39 is 0 Å². The van der Waals surface area contributed by atoms with Crippen LogP contribution in [-0.2, 0) is 11.2 Å². The smallest absolute Gasteiger partial charge is 0.227 e. The van der Waals surface area contributed by atoms with Crippen LogP contribution in [0.25, 0.3) is 0 Å². The molecule has 0 spiro atoms. The van der Waals surface area contributed by atoms with Gasteiger partial charge in [0, 0.05) is 12.1 Å². The Kier molecular flexibility index (Phi) is 3.59. The van der Waals surface area contributed by atoms with Gasteiger partial charge in [0.2, 0.25) is 5.91 Å². The summed E-state index contributed by atoms with van der Waals surface area (Å²) >= 11 is 0. The number of halogens is 1. The number of hydrogen-bond acceptors (Lipinski definition) is 3. The van der Waals surface area contributed by atoms with Gasteiger partial charge in [0.25, 0.3) is 0 Å². The normalized spacial score (nSPS) is 26.5. The van der Waals surface area contributed by atoms with Crippen molar-refractivity contribution in [3.63, 3.8) is 0 Å². The van der Waals surface area contributed by atoms with Gasteiger partial charge in [0.15, 0.2) is 0 Å². The van der Waals surface area contributed by atoms with Crippen LogP contribution in [0.15, 0.2) is 36.9 Å². The molecule has 2 bridgehead atoms. The summed E-state index contributed by atoms with van der Waals surface area (Å²) in [4.78, 5) is 18.8. The number of aromatic nitrogens is 3. The molecule has 6 heteroatoms. The van der Waals surface area contributed by atoms with Crippen molar-refractivity contribution in [1.82, 2.24) is 19.7 Å². The molecule has 2 saturated heterocycles. The van der Waals surface area contributed by atoms with Crippen LogP contribution < -0.4 is 0 Å². The molecule has 1 aromatic carbocycles. The van der Waals surface area contributed by atoms with Crippen LogP contribution in [0.5, 0.6) is 0 Å². The maximum Gasteiger partial charge on any atom is 0.227 e. The first-order chi connectivity index (χ1) is 11.2. The number of fused-ring (bicyclic) bond motifs is 2. The minimum Gasteiger partial charge on any atom is -0.336 e. The molecule has 2 fully saturated rings. The van der Waals surface area contributed by atoms with Gasteiger partial charge in [0.05, 0.1) is 12.5 Å². The Bertz CT molecular complexity index is 671. The Morgan fingerprint density at radius 1 is 1.13 bits per heavy atom. The van der Waals surface area contributed by atoms with Crippen molar-refractivity contribution in [2.24, 2.45) is 0 Å². The molecular formula is C17H19FN4O. The molecule has 4 rings (SSSR count). The molecule has 3 heterocycles. The lowest BCUT2D eigenvalue weighted by Crippen LogP contribution is -2.47. The quantitative estimate of drug-likeness (QED) is 0.874. The Morgan fingerprint density at radius 3 is 2.43 bits per heavy atom. The zero-order valence-electron chi connectivity index (χ0n) is 12.8. The van der Waals surface area contributed by atoms with E-state index in [-0.39, 0.29) is 23.8 Å².